The summed E-state index contributed by atoms with van der Waals surface area (Å²) >= 11 is 0. The van der Waals surface area contributed by atoms with Crippen LogP contribution in [0.25, 0.3) is 21.8 Å². The third-order valence-corrected chi connectivity index (χ3v) is 3.91. The molecule has 24 heavy (non-hydrogen) atoms. The van der Waals surface area contributed by atoms with Gasteiger partial charge in [0.2, 0.25) is 5.91 Å². The van der Waals surface area contributed by atoms with E-state index in [1.165, 1.54) is 10.9 Å². The Hall–Kier alpha value is -3.41. The number of fused-ring (bicyclic) bond motifs is 2. The van der Waals surface area contributed by atoms with Crippen LogP contribution in [0.5, 0.6) is 0 Å². The molecule has 0 saturated carbocycles. The van der Waals surface area contributed by atoms with Gasteiger partial charge >= 0.3 is 0 Å². The number of H-pyrrole nitrogens is 1. The standard InChI is InChI=1S/C18H14N4O2/c23-17(21-16-7-3-6-14-12(16)8-9-19-14)10-22-11-20-15-5-2-1-4-13(15)18(22)24/h1-9,11,19H,10H2,(H,21,23). The van der Waals surface area contributed by atoms with Crippen molar-refractivity contribution in [1.29, 1.82) is 0 Å². The smallest absolute Gasteiger partial charge is 0.261 e. The number of aromatic amines is 1. The number of nitrogens with one attached hydrogen (secondary N) is 2. The second kappa shape index (κ2) is 5.66. The third kappa shape index (κ3) is 2.44. The van der Waals surface area contributed by atoms with E-state index in [-0.39, 0.29) is 18.0 Å². The van der Waals surface area contributed by atoms with Gasteiger partial charge in [-0.05, 0) is 30.3 Å². The number of anilines is 1. The first-order chi connectivity index (χ1) is 11.7. The lowest BCUT2D eigenvalue weighted by Gasteiger charge is -2.09. The minimum Gasteiger partial charge on any atom is -0.361 e. The first-order valence-corrected chi connectivity index (χ1v) is 7.52. The monoisotopic (exact) mass is 318 g/mol. The fourth-order valence-corrected chi connectivity index (χ4v) is 2.76. The van der Waals surface area contributed by atoms with Crippen LogP contribution in [0.1, 0.15) is 0 Å². The van der Waals surface area contributed by atoms with Crippen molar-refractivity contribution >= 4 is 33.4 Å². The predicted molar refractivity (Wildman–Crippen MR) is 92.9 cm³/mol. The van der Waals surface area contributed by atoms with E-state index in [9.17, 15) is 9.59 Å². The van der Waals surface area contributed by atoms with Crippen molar-refractivity contribution in [2.75, 3.05) is 5.32 Å². The van der Waals surface area contributed by atoms with Crippen LogP contribution in [-0.4, -0.2) is 20.4 Å². The molecule has 2 aromatic heterocycles. The molecule has 0 aliphatic heterocycles. The van der Waals surface area contributed by atoms with E-state index < -0.39 is 0 Å². The van der Waals surface area contributed by atoms with Gasteiger partial charge in [-0.1, -0.05) is 18.2 Å². The number of rotatable bonds is 3. The van der Waals surface area contributed by atoms with E-state index in [1.807, 2.05) is 36.5 Å². The van der Waals surface area contributed by atoms with Gasteiger partial charge in [-0.2, -0.15) is 0 Å². The van der Waals surface area contributed by atoms with Gasteiger partial charge in [0.1, 0.15) is 6.54 Å². The first kappa shape index (κ1) is 14.2. The number of hydrogen-bond donors (Lipinski definition) is 2. The molecule has 0 radical (unpaired) electrons. The van der Waals surface area contributed by atoms with Gasteiger partial charge in [0.05, 0.1) is 22.9 Å². The van der Waals surface area contributed by atoms with Crippen LogP contribution in [0.4, 0.5) is 5.69 Å². The molecule has 4 aromatic rings. The molecule has 6 nitrogen and oxygen atoms in total. The van der Waals surface area contributed by atoms with Crippen LogP contribution >= 0.6 is 0 Å². The second-order valence-corrected chi connectivity index (χ2v) is 5.49. The summed E-state index contributed by atoms with van der Waals surface area (Å²) in [5.41, 5.74) is 2.05. The van der Waals surface area contributed by atoms with Crippen LogP contribution < -0.4 is 10.9 Å². The molecule has 0 spiro atoms. The van der Waals surface area contributed by atoms with Gasteiger partial charge in [0, 0.05) is 17.1 Å². The zero-order chi connectivity index (χ0) is 16.5. The molecular formula is C18H14N4O2. The molecule has 0 unspecified atom stereocenters. The normalized spacial score (nSPS) is 11.0. The lowest BCUT2D eigenvalue weighted by molar-refractivity contribution is -0.116. The maximum Gasteiger partial charge on any atom is 0.261 e. The van der Waals surface area contributed by atoms with Gasteiger partial charge in [0.15, 0.2) is 0 Å². The first-order valence-electron chi connectivity index (χ1n) is 7.52. The van der Waals surface area contributed by atoms with Gasteiger partial charge in [-0.25, -0.2) is 4.98 Å². The van der Waals surface area contributed by atoms with Crippen LogP contribution in [0.3, 0.4) is 0 Å². The Balaban J connectivity index is 1.62. The van der Waals surface area contributed by atoms with Crippen molar-refractivity contribution in [3.8, 4) is 0 Å². The summed E-state index contributed by atoms with van der Waals surface area (Å²) in [6.07, 6.45) is 3.22. The highest BCUT2D eigenvalue weighted by molar-refractivity contribution is 6.01. The van der Waals surface area contributed by atoms with Crippen molar-refractivity contribution < 1.29 is 4.79 Å². The number of carbonyl (C=O) groups excluding carboxylic acids is 1. The van der Waals surface area contributed by atoms with Gasteiger partial charge in [-0.15, -0.1) is 0 Å². The molecule has 1 amide bonds. The van der Waals surface area contributed by atoms with Gasteiger partial charge < -0.3 is 10.3 Å². The molecule has 4 rings (SSSR count). The van der Waals surface area contributed by atoms with Gasteiger partial charge in [-0.3, -0.25) is 14.2 Å². The Morgan fingerprint density at radius 1 is 1.08 bits per heavy atom. The second-order valence-electron chi connectivity index (χ2n) is 5.49. The highest BCUT2D eigenvalue weighted by atomic mass is 16.2. The molecule has 2 heterocycles. The fourth-order valence-electron chi connectivity index (χ4n) is 2.76. The Morgan fingerprint density at radius 3 is 2.88 bits per heavy atom. The molecule has 0 atom stereocenters. The summed E-state index contributed by atoms with van der Waals surface area (Å²) in [6, 6.07) is 14.6. The minimum atomic E-state index is -0.275. The number of hydrogen-bond acceptors (Lipinski definition) is 3. The molecule has 0 fully saturated rings. The summed E-state index contributed by atoms with van der Waals surface area (Å²) in [4.78, 5) is 32.1. The zero-order valence-electron chi connectivity index (χ0n) is 12.7. The molecule has 0 bridgehead atoms. The number of para-hydroxylation sites is 1. The average molecular weight is 318 g/mol. The Morgan fingerprint density at radius 2 is 1.96 bits per heavy atom. The largest absolute Gasteiger partial charge is 0.361 e. The van der Waals surface area contributed by atoms with E-state index in [1.54, 1.807) is 18.2 Å². The number of nitrogens with zero attached hydrogens (tertiary/aromatic N) is 2. The van der Waals surface area contributed by atoms with Crippen molar-refractivity contribution in [1.82, 2.24) is 14.5 Å². The van der Waals surface area contributed by atoms with E-state index >= 15 is 0 Å². The molecule has 0 aliphatic carbocycles. The summed E-state index contributed by atoms with van der Waals surface area (Å²) in [5, 5.41) is 4.27. The minimum absolute atomic E-state index is 0.0858. The number of carbonyl (C=O) groups is 1. The van der Waals surface area contributed by atoms with Crippen molar-refractivity contribution in [3.05, 3.63) is 71.4 Å². The molecule has 0 aliphatic rings. The Bertz CT molecular complexity index is 1110. The molecule has 2 N–H and O–H groups in total. The summed E-state index contributed by atoms with van der Waals surface area (Å²) in [6.45, 7) is -0.0858. The quantitative estimate of drug-likeness (QED) is 0.609. The summed E-state index contributed by atoms with van der Waals surface area (Å²) < 4.78 is 1.31. The maximum absolute atomic E-state index is 12.4. The SMILES string of the molecule is O=C(Cn1cnc2ccccc2c1=O)Nc1cccc2[nH]ccc12. The average Bonchev–Trinajstić information content (AvgIpc) is 3.07. The van der Waals surface area contributed by atoms with E-state index in [0.717, 1.165) is 10.9 Å². The van der Waals surface area contributed by atoms with E-state index in [0.29, 0.717) is 16.6 Å². The zero-order valence-corrected chi connectivity index (χ0v) is 12.7. The van der Waals surface area contributed by atoms with Crippen LogP contribution in [-0.2, 0) is 11.3 Å². The summed E-state index contributed by atoms with van der Waals surface area (Å²) in [5.74, 6) is -0.275. The third-order valence-electron chi connectivity index (χ3n) is 3.91. The number of benzene rings is 2. The predicted octanol–water partition coefficient (Wildman–Crippen LogP) is 2.52. The van der Waals surface area contributed by atoms with E-state index in [4.69, 9.17) is 0 Å². The molecule has 118 valence electrons. The van der Waals surface area contributed by atoms with Crippen LogP contribution in [0.15, 0.2) is 65.8 Å². The maximum atomic E-state index is 12.4. The fraction of sp³-hybridized carbons (Fsp3) is 0.0556. The van der Waals surface area contributed by atoms with Crippen molar-refractivity contribution in [2.24, 2.45) is 0 Å². The summed E-state index contributed by atoms with van der Waals surface area (Å²) in [7, 11) is 0. The van der Waals surface area contributed by atoms with Crippen molar-refractivity contribution in [3.63, 3.8) is 0 Å². The van der Waals surface area contributed by atoms with E-state index in [2.05, 4.69) is 15.3 Å². The highest BCUT2D eigenvalue weighted by Crippen LogP contribution is 2.22. The molecule has 6 heteroatoms. The lowest BCUT2D eigenvalue weighted by Crippen LogP contribution is -2.27. The number of amides is 1. The molecule has 2 aromatic carbocycles. The number of aromatic nitrogens is 3. The van der Waals surface area contributed by atoms with Gasteiger partial charge in [0.25, 0.3) is 5.56 Å². The Labute approximate surface area is 136 Å². The molecular weight excluding hydrogens is 304 g/mol. The highest BCUT2D eigenvalue weighted by Gasteiger charge is 2.10. The van der Waals surface area contributed by atoms with Crippen molar-refractivity contribution in [2.45, 2.75) is 6.54 Å². The van der Waals surface area contributed by atoms with Crippen LogP contribution in [0.2, 0.25) is 0 Å². The lowest BCUT2D eigenvalue weighted by atomic mass is 10.2. The topological polar surface area (TPSA) is 79.8 Å². The van der Waals surface area contributed by atoms with Crippen LogP contribution in [0, 0.1) is 0 Å². The molecule has 0 saturated heterocycles. The Kier molecular flexibility index (Phi) is 3.35.